The number of imide groups is 1. The van der Waals surface area contributed by atoms with Gasteiger partial charge >= 0.3 is 5.63 Å². The highest BCUT2D eigenvalue weighted by molar-refractivity contribution is 6.06. The lowest BCUT2D eigenvalue weighted by Gasteiger charge is -2.25. The first-order valence-electron chi connectivity index (χ1n) is 12.9. The molecule has 11 nitrogen and oxygen atoms in total. The molecule has 5 amide bonds. The Hall–Kier alpha value is -4.80. The molecule has 11 heteroatoms. The van der Waals surface area contributed by atoms with Crippen LogP contribution in [0.3, 0.4) is 0 Å². The molecule has 0 unspecified atom stereocenters. The molecule has 0 spiro atoms. The number of anilines is 1. The van der Waals surface area contributed by atoms with Crippen molar-refractivity contribution in [3.05, 3.63) is 76.1 Å². The number of fused-ring (bicyclic) bond motifs is 1. The summed E-state index contributed by atoms with van der Waals surface area (Å²) in [6.07, 6.45) is 0.255. The lowest BCUT2D eigenvalue weighted by atomic mass is 10.0. The molecule has 2 aromatic carbocycles. The minimum absolute atomic E-state index is 0.0474. The number of hydrogen-bond acceptors (Lipinski definition) is 7. The molecule has 208 valence electrons. The number of rotatable bonds is 9. The summed E-state index contributed by atoms with van der Waals surface area (Å²) in [6.45, 7) is 4.64. The average Bonchev–Trinajstić information content (AvgIpc) is 3.25. The average molecular weight is 547 g/mol. The molecule has 3 N–H and O–H groups in total. The summed E-state index contributed by atoms with van der Waals surface area (Å²) in [7, 11) is 0. The Balaban J connectivity index is 1.47. The van der Waals surface area contributed by atoms with E-state index in [9.17, 15) is 28.8 Å². The second-order valence-electron chi connectivity index (χ2n) is 9.76. The van der Waals surface area contributed by atoms with E-state index in [1.54, 1.807) is 19.1 Å². The lowest BCUT2D eigenvalue weighted by Crippen LogP contribution is -2.55. The third-order valence-corrected chi connectivity index (χ3v) is 6.74. The summed E-state index contributed by atoms with van der Waals surface area (Å²) in [5, 5.41) is 8.68. The van der Waals surface area contributed by atoms with Crippen LogP contribution in [0.5, 0.6) is 0 Å². The fourth-order valence-corrected chi connectivity index (χ4v) is 4.53. The Kier molecular flexibility index (Phi) is 8.42. The van der Waals surface area contributed by atoms with Gasteiger partial charge in [0.2, 0.25) is 29.5 Å². The monoisotopic (exact) mass is 546 g/mol. The van der Waals surface area contributed by atoms with Gasteiger partial charge in [-0.3, -0.25) is 28.9 Å². The quantitative estimate of drug-likeness (QED) is 0.273. The van der Waals surface area contributed by atoms with Crippen LogP contribution in [0, 0.1) is 6.92 Å². The topological polar surface area (TPSA) is 155 Å². The van der Waals surface area contributed by atoms with Gasteiger partial charge < -0.3 is 20.4 Å². The molecule has 3 aromatic rings. The minimum atomic E-state index is -1.07. The maximum atomic E-state index is 13.3. The largest absolute Gasteiger partial charge is 0.423 e. The molecule has 1 aromatic heterocycles. The van der Waals surface area contributed by atoms with Crippen molar-refractivity contribution >= 4 is 46.2 Å². The standard InChI is InChI=1S/C29H30N4O7/c1-16-13-26(36)40-23-15-20(9-10-21(16)23)31-29(39)22(14-19-7-5-4-6-8-19)32-27(37)17(2)30-28(38)18(3)33-24(34)11-12-25(33)35/h4-10,13,15,17-18,22H,11-12,14H2,1-3H3,(H,30,38)(H,31,39)(H,32,37)/t17-,18-,22-/m0/s1. The van der Waals surface area contributed by atoms with Crippen LogP contribution in [0.25, 0.3) is 11.0 Å². The zero-order valence-electron chi connectivity index (χ0n) is 22.4. The van der Waals surface area contributed by atoms with Gasteiger partial charge in [-0.25, -0.2) is 4.79 Å². The summed E-state index contributed by atoms with van der Waals surface area (Å²) in [6, 6.07) is 12.2. The summed E-state index contributed by atoms with van der Waals surface area (Å²) in [5.41, 5.74) is 1.70. The third-order valence-electron chi connectivity index (χ3n) is 6.74. The molecule has 0 aliphatic carbocycles. The van der Waals surface area contributed by atoms with Gasteiger partial charge in [0.25, 0.3) is 0 Å². The Morgan fingerprint density at radius 3 is 2.23 bits per heavy atom. The van der Waals surface area contributed by atoms with Crippen LogP contribution in [0.15, 0.2) is 63.8 Å². The smallest absolute Gasteiger partial charge is 0.336 e. The van der Waals surface area contributed by atoms with Crippen molar-refractivity contribution < 1.29 is 28.4 Å². The fraction of sp³-hybridized carbons (Fsp3) is 0.310. The van der Waals surface area contributed by atoms with Crippen LogP contribution in [0.1, 0.15) is 37.8 Å². The van der Waals surface area contributed by atoms with E-state index in [-0.39, 0.29) is 19.3 Å². The van der Waals surface area contributed by atoms with Crippen LogP contribution in [-0.4, -0.2) is 52.6 Å². The SMILES string of the molecule is Cc1cc(=O)oc2cc(NC(=O)[C@H](Cc3ccccc3)NC(=O)[C@H](C)NC(=O)[C@H](C)N3C(=O)CCC3=O)ccc12. The van der Waals surface area contributed by atoms with Crippen LogP contribution in [0.2, 0.25) is 0 Å². The van der Waals surface area contributed by atoms with Crippen molar-refractivity contribution in [3.8, 4) is 0 Å². The fourth-order valence-electron chi connectivity index (χ4n) is 4.53. The highest BCUT2D eigenvalue weighted by atomic mass is 16.4. The molecule has 40 heavy (non-hydrogen) atoms. The van der Waals surface area contributed by atoms with Crippen LogP contribution in [0.4, 0.5) is 5.69 Å². The highest BCUT2D eigenvalue weighted by Crippen LogP contribution is 2.21. The first-order valence-corrected chi connectivity index (χ1v) is 12.9. The molecule has 3 atom stereocenters. The van der Waals surface area contributed by atoms with E-state index in [0.29, 0.717) is 11.3 Å². The zero-order chi connectivity index (χ0) is 29.0. The molecule has 1 fully saturated rings. The lowest BCUT2D eigenvalue weighted by molar-refractivity contribution is -0.146. The Morgan fingerprint density at radius 2 is 1.55 bits per heavy atom. The van der Waals surface area contributed by atoms with E-state index in [1.165, 1.54) is 26.0 Å². The van der Waals surface area contributed by atoms with Gasteiger partial charge in [0.1, 0.15) is 23.7 Å². The molecule has 1 aliphatic rings. The molecule has 4 rings (SSSR count). The maximum absolute atomic E-state index is 13.3. The summed E-state index contributed by atoms with van der Waals surface area (Å²) >= 11 is 0. The summed E-state index contributed by atoms with van der Waals surface area (Å²) in [4.78, 5) is 75.7. The second kappa shape index (κ2) is 11.9. The van der Waals surface area contributed by atoms with Crippen molar-refractivity contribution in [2.45, 2.75) is 58.2 Å². The number of nitrogens with one attached hydrogen (secondary N) is 3. The van der Waals surface area contributed by atoms with Crippen LogP contribution >= 0.6 is 0 Å². The molecule has 2 heterocycles. The van der Waals surface area contributed by atoms with Gasteiger partial charge in [0.05, 0.1) is 0 Å². The van der Waals surface area contributed by atoms with Crippen molar-refractivity contribution in [1.82, 2.24) is 15.5 Å². The molecule has 0 bridgehead atoms. The maximum Gasteiger partial charge on any atom is 0.336 e. The van der Waals surface area contributed by atoms with Gasteiger partial charge in [-0.1, -0.05) is 30.3 Å². The van der Waals surface area contributed by atoms with Crippen molar-refractivity contribution in [1.29, 1.82) is 0 Å². The normalized spacial score (nSPS) is 15.4. The van der Waals surface area contributed by atoms with Gasteiger partial charge in [0.15, 0.2) is 0 Å². The zero-order valence-corrected chi connectivity index (χ0v) is 22.4. The van der Waals surface area contributed by atoms with Gasteiger partial charge in [0, 0.05) is 42.5 Å². The Morgan fingerprint density at radius 1 is 0.875 bits per heavy atom. The number of amides is 5. The van der Waals surface area contributed by atoms with E-state index in [0.717, 1.165) is 21.4 Å². The number of hydrogen-bond donors (Lipinski definition) is 3. The molecule has 0 saturated carbocycles. The molecular weight excluding hydrogens is 516 g/mol. The molecular formula is C29H30N4O7. The number of carbonyl (C=O) groups is 5. The first-order chi connectivity index (χ1) is 19.0. The van der Waals surface area contributed by atoms with E-state index in [1.807, 2.05) is 30.3 Å². The Bertz CT molecular complexity index is 1520. The molecule has 1 aliphatic heterocycles. The number of nitrogens with zero attached hydrogens (tertiary/aromatic N) is 1. The van der Waals surface area contributed by atoms with Gasteiger partial charge in [-0.2, -0.15) is 0 Å². The van der Waals surface area contributed by atoms with E-state index < -0.39 is 53.3 Å². The van der Waals surface area contributed by atoms with Gasteiger partial charge in [-0.05, 0) is 44.0 Å². The number of aryl methyl sites for hydroxylation is 1. The summed E-state index contributed by atoms with van der Waals surface area (Å²) in [5.74, 6) is -2.69. The van der Waals surface area contributed by atoms with Crippen LogP contribution < -0.4 is 21.6 Å². The van der Waals surface area contributed by atoms with Gasteiger partial charge in [-0.15, -0.1) is 0 Å². The predicted octanol–water partition coefficient (Wildman–Crippen LogP) is 1.81. The molecule has 0 radical (unpaired) electrons. The highest BCUT2D eigenvalue weighted by Gasteiger charge is 2.37. The molecule has 1 saturated heterocycles. The Labute approximate surface area is 229 Å². The van der Waals surface area contributed by atoms with Crippen LogP contribution in [-0.2, 0) is 30.4 Å². The van der Waals surface area contributed by atoms with E-state index >= 15 is 0 Å². The van der Waals surface area contributed by atoms with Crippen molar-refractivity contribution in [2.75, 3.05) is 5.32 Å². The minimum Gasteiger partial charge on any atom is -0.423 e. The number of carbonyl (C=O) groups excluding carboxylic acids is 5. The third kappa shape index (κ3) is 6.42. The van der Waals surface area contributed by atoms with E-state index in [4.69, 9.17) is 4.42 Å². The van der Waals surface area contributed by atoms with Crippen molar-refractivity contribution in [2.24, 2.45) is 0 Å². The number of benzene rings is 2. The van der Waals surface area contributed by atoms with E-state index in [2.05, 4.69) is 16.0 Å². The number of likely N-dealkylation sites (tertiary alicyclic amines) is 1. The predicted molar refractivity (Wildman–Crippen MR) is 146 cm³/mol. The first kappa shape index (κ1) is 28.2. The second-order valence-corrected chi connectivity index (χ2v) is 9.76. The van der Waals surface area contributed by atoms with Crippen molar-refractivity contribution in [3.63, 3.8) is 0 Å². The summed E-state index contributed by atoms with van der Waals surface area (Å²) < 4.78 is 5.26.